The van der Waals surface area contributed by atoms with Gasteiger partial charge in [0.05, 0.1) is 6.33 Å². The fourth-order valence-electron chi connectivity index (χ4n) is 0.993. The highest BCUT2D eigenvalue weighted by molar-refractivity contribution is 5.80. The lowest BCUT2D eigenvalue weighted by atomic mass is 10.5. The molecule has 0 saturated carbocycles. The van der Waals surface area contributed by atoms with Gasteiger partial charge in [-0.25, -0.2) is 20.1 Å². The molecule has 6 heteroatoms. The van der Waals surface area contributed by atoms with Crippen LogP contribution in [-0.2, 0) is 11.8 Å². The molecule has 0 aliphatic rings. The Labute approximate surface area is 67.7 Å². The molecule has 2 rings (SSSR count). The van der Waals surface area contributed by atoms with Crippen LogP contribution in [0.4, 0.5) is 5.82 Å². The molecular weight excluding hydrogens is 158 g/mol. The first kappa shape index (κ1) is 6.99. The normalized spacial score (nSPS) is 10.8. The van der Waals surface area contributed by atoms with E-state index in [9.17, 15) is 5.11 Å². The van der Waals surface area contributed by atoms with E-state index < -0.39 is 6.73 Å². The first-order valence-corrected chi connectivity index (χ1v) is 3.32. The van der Waals surface area contributed by atoms with Crippen LogP contribution in [0.15, 0.2) is 12.7 Å². The highest BCUT2D eigenvalue weighted by Crippen LogP contribution is 2.12. The summed E-state index contributed by atoms with van der Waals surface area (Å²) in [7, 11) is 0. The number of imidazole rings is 1. The summed E-state index contributed by atoms with van der Waals surface area (Å²) in [6, 6.07) is 0. The van der Waals surface area contributed by atoms with E-state index in [4.69, 9.17) is 5.73 Å². The van der Waals surface area contributed by atoms with Gasteiger partial charge in [-0.15, -0.1) is 0 Å². The van der Waals surface area contributed by atoms with Crippen molar-refractivity contribution < 1.29 is 5.11 Å². The Morgan fingerprint density at radius 1 is 1.42 bits per heavy atom. The van der Waals surface area contributed by atoms with Crippen molar-refractivity contribution in [2.24, 2.45) is 0 Å². The van der Waals surface area contributed by atoms with Crippen LogP contribution in [0.3, 0.4) is 0 Å². The molecule has 0 aromatic carbocycles. The topological polar surface area (TPSA) is 89.5 Å². The van der Waals surface area contributed by atoms with Crippen molar-refractivity contribution in [3.05, 3.63) is 12.7 Å². The summed E-state index contributed by atoms with van der Waals surface area (Å²) in [5, 5.41) is 10.5. The number of hydrogen-bond acceptors (Lipinski definition) is 4. The van der Waals surface area contributed by atoms with Crippen molar-refractivity contribution in [2.45, 2.75) is 6.73 Å². The maximum atomic E-state index is 10.5. The SMILES string of the molecule is Nc1ncnc2c1ncn2C[O]. The molecule has 61 valence electrons. The summed E-state index contributed by atoms with van der Waals surface area (Å²) in [6.45, 7) is -0.410. The van der Waals surface area contributed by atoms with Crippen LogP contribution in [0, 0.1) is 0 Å². The Hall–Kier alpha value is -1.69. The molecule has 0 amide bonds. The standard InChI is InChI=1S/C6H6N5O/c7-5-4-6(9-1-8-5)11(3-12)2-10-4/h1-2H,3H2,(H2,7,8,9). The summed E-state index contributed by atoms with van der Waals surface area (Å²) >= 11 is 0. The molecule has 0 spiro atoms. The minimum Gasteiger partial charge on any atom is -0.382 e. The molecule has 0 atom stereocenters. The fourth-order valence-corrected chi connectivity index (χ4v) is 0.993. The van der Waals surface area contributed by atoms with Gasteiger partial charge in [0.25, 0.3) is 0 Å². The third-order valence-corrected chi connectivity index (χ3v) is 1.57. The summed E-state index contributed by atoms with van der Waals surface area (Å²) in [6.07, 6.45) is 2.72. The molecule has 0 aliphatic heterocycles. The minimum atomic E-state index is -0.410. The van der Waals surface area contributed by atoms with E-state index in [-0.39, 0.29) is 0 Å². The van der Waals surface area contributed by atoms with Gasteiger partial charge in [0, 0.05) is 0 Å². The van der Waals surface area contributed by atoms with Gasteiger partial charge in [-0.1, -0.05) is 0 Å². The van der Waals surface area contributed by atoms with Crippen LogP contribution in [0.5, 0.6) is 0 Å². The van der Waals surface area contributed by atoms with Crippen molar-refractivity contribution in [1.82, 2.24) is 19.5 Å². The van der Waals surface area contributed by atoms with Crippen LogP contribution >= 0.6 is 0 Å². The Kier molecular flexibility index (Phi) is 1.41. The second-order valence-electron chi connectivity index (χ2n) is 2.27. The van der Waals surface area contributed by atoms with Crippen LogP contribution in [0.1, 0.15) is 0 Å². The summed E-state index contributed by atoms with van der Waals surface area (Å²) in [4.78, 5) is 11.5. The van der Waals surface area contributed by atoms with E-state index in [1.807, 2.05) is 0 Å². The lowest BCUT2D eigenvalue weighted by Crippen LogP contribution is -1.97. The number of hydrogen-bond donors (Lipinski definition) is 1. The molecule has 0 unspecified atom stereocenters. The average Bonchev–Trinajstić information content (AvgIpc) is 2.49. The smallest absolute Gasteiger partial charge is 0.167 e. The van der Waals surface area contributed by atoms with Crippen molar-refractivity contribution in [2.75, 3.05) is 5.73 Å². The summed E-state index contributed by atoms with van der Waals surface area (Å²) in [5.74, 6) is 0.298. The maximum absolute atomic E-state index is 10.5. The highest BCUT2D eigenvalue weighted by Gasteiger charge is 2.05. The fraction of sp³-hybridized carbons (Fsp3) is 0.167. The predicted octanol–water partition coefficient (Wildman–Crippen LogP) is -0.204. The molecular formula is C6H6N5O. The van der Waals surface area contributed by atoms with Gasteiger partial charge in [0.15, 0.2) is 18.2 Å². The van der Waals surface area contributed by atoms with Gasteiger partial charge >= 0.3 is 0 Å². The molecule has 2 N–H and O–H groups in total. The number of rotatable bonds is 1. The highest BCUT2D eigenvalue weighted by atomic mass is 16.3. The molecule has 0 saturated heterocycles. The number of anilines is 1. The Morgan fingerprint density at radius 2 is 2.25 bits per heavy atom. The molecule has 2 aromatic heterocycles. The van der Waals surface area contributed by atoms with Gasteiger partial charge < -0.3 is 5.73 Å². The zero-order valence-electron chi connectivity index (χ0n) is 6.14. The van der Waals surface area contributed by atoms with Gasteiger partial charge in [-0.3, -0.25) is 4.57 Å². The second kappa shape index (κ2) is 2.42. The number of nitrogens with zero attached hydrogens (tertiary/aromatic N) is 4. The quantitative estimate of drug-likeness (QED) is 0.631. The second-order valence-corrected chi connectivity index (χ2v) is 2.27. The molecule has 1 radical (unpaired) electrons. The van der Waals surface area contributed by atoms with Crippen LogP contribution in [0.25, 0.3) is 11.2 Å². The van der Waals surface area contributed by atoms with Crippen LogP contribution in [0.2, 0.25) is 0 Å². The molecule has 0 aliphatic carbocycles. The van der Waals surface area contributed by atoms with Gasteiger partial charge in [-0.05, 0) is 0 Å². The predicted molar refractivity (Wildman–Crippen MR) is 40.4 cm³/mol. The Bertz CT molecular complexity index is 409. The third-order valence-electron chi connectivity index (χ3n) is 1.57. The lowest BCUT2D eigenvalue weighted by Gasteiger charge is -1.95. The van der Waals surface area contributed by atoms with E-state index in [0.717, 1.165) is 0 Å². The van der Waals surface area contributed by atoms with Crippen molar-refractivity contribution in [1.29, 1.82) is 0 Å². The van der Waals surface area contributed by atoms with E-state index in [1.54, 1.807) is 0 Å². The molecule has 2 heterocycles. The lowest BCUT2D eigenvalue weighted by molar-refractivity contribution is 0.122. The van der Waals surface area contributed by atoms with Gasteiger partial charge in [0.1, 0.15) is 11.8 Å². The van der Waals surface area contributed by atoms with Gasteiger partial charge in [0.2, 0.25) is 0 Å². The number of nitrogen functional groups attached to an aromatic ring is 1. The third kappa shape index (κ3) is 0.817. The van der Waals surface area contributed by atoms with Crippen LogP contribution in [-0.4, -0.2) is 19.5 Å². The number of fused-ring (bicyclic) bond motifs is 1. The summed E-state index contributed by atoms with van der Waals surface area (Å²) in [5.41, 5.74) is 6.46. The Balaban J connectivity index is 2.80. The molecule has 12 heavy (non-hydrogen) atoms. The van der Waals surface area contributed by atoms with Gasteiger partial charge in [-0.2, -0.15) is 0 Å². The summed E-state index contributed by atoms with van der Waals surface area (Å²) < 4.78 is 1.37. The first-order valence-electron chi connectivity index (χ1n) is 3.32. The average molecular weight is 164 g/mol. The molecule has 0 bridgehead atoms. The number of aromatic nitrogens is 4. The minimum absolute atomic E-state index is 0.298. The molecule has 2 aromatic rings. The molecule has 0 fully saturated rings. The zero-order chi connectivity index (χ0) is 8.55. The van der Waals surface area contributed by atoms with E-state index in [2.05, 4.69) is 15.0 Å². The van der Waals surface area contributed by atoms with Crippen LogP contribution < -0.4 is 5.73 Å². The van der Waals surface area contributed by atoms with E-state index in [0.29, 0.717) is 17.0 Å². The maximum Gasteiger partial charge on any atom is 0.167 e. The monoisotopic (exact) mass is 164 g/mol. The number of nitrogens with two attached hydrogens (primary N) is 1. The van der Waals surface area contributed by atoms with Crippen molar-refractivity contribution >= 4 is 17.0 Å². The van der Waals surface area contributed by atoms with Crippen molar-refractivity contribution in [3.8, 4) is 0 Å². The Morgan fingerprint density at radius 3 is 3.00 bits per heavy atom. The molecule has 6 nitrogen and oxygen atoms in total. The van der Waals surface area contributed by atoms with E-state index >= 15 is 0 Å². The van der Waals surface area contributed by atoms with E-state index in [1.165, 1.54) is 17.2 Å². The zero-order valence-corrected chi connectivity index (χ0v) is 6.14. The largest absolute Gasteiger partial charge is 0.382 e. The first-order chi connectivity index (χ1) is 5.83. The van der Waals surface area contributed by atoms with Crippen molar-refractivity contribution in [3.63, 3.8) is 0 Å².